The third-order valence-corrected chi connectivity index (χ3v) is 1.71. The average Bonchev–Trinajstić information content (AvgIpc) is 2.07. The first-order valence-electron chi connectivity index (χ1n) is 3.75. The monoisotopic (exact) mass is 204 g/mol. The molecular formula is C9H7F3O2. The maximum absolute atomic E-state index is 13.1. The summed E-state index contributed by atoms with van der Waals surface area (Å²) in [6, 6.07) is 1.95. The maximum atomic E-state index is 13.1. The molecule has 2 nitrogen and oxygen atoms in total. The highest BCUT2D eigenvalue weighted by Crippen LogP contribution is 2.25. The predicted octanol–water partition coefficient (Wildman–Crippen LogP) is 2.77. The normalized spacial score (nSPS) is 10.6. The van der Waals surface area contributed by atoms with Gasteiger partial charge in [-0.15, -0.1) is 0 Å². The van der Waals surface area contributed by atoms with Crippen molar-refractivity contribution in [3.05, 3.63) is 34.6 Å². The molecule has 0 unspecified atom stereocenters. The van der Waals surface area contributed by atoms with Gasteiger partial charge in [0.1, 0.15) is 5.82 Å². The number of hydrogen-bond acceptors (Lipinski definition) is 1. The van der Waals surface area contributed by atoms with Crippen LogP contribution < -0.4 is 0 Å². The van der Waals surface area contributed by atoms with Gasteiger partial charge in [0.15, 0.2) is 0 Å². The van der Waals surface area contributed by atoms with Crippen molar-refractivity contribution in [1.82, 2.24) is 0 Å². The van der Waals surface area contributed by atoms with Gasteiger partial charge in [0, 0.05) is 0 Å². The Balaban J connectivity index is 3.40. The van der Waals surface area contributed by atoms with Crippen LogP contribution in [-0.2, 0) is 0 Å². The van der Waals surface area contributed by atoms with E-state index in [0.717, 1.165) is 12.1 Å². The number of hydrogen-bond donors (Lipinski definition) is 1. The molecule has 14 heavy (non-hydrogen) atoms. The van der Waals surface area contributed by atoms with E-state index >= 15 is 0 Å². The van der Waals surface area contributed by atoms with Crippen LogP contribution in [0.5, 0.6) is 0 Å². The zero-order valence-corrected chi connectivity index (χ0v) is 7.22. The Morgan fingerprint density at radius 1 is 1.43 bits per heavy atom. The second-order valence-electron chi connectivity index (χ2n) is 2.82. The largest absolute Gasteiger partial charge is 0.478 e. The molecule has 0 saturated carbocycles. The highest BCUT2D eigenvalue weighted by Gasteiger charge is 2.20. The van der Waals surface area contributed by atoms with Crippen molar-refractivity contribution in [1.29, 1.82) is 0 Å². The first kappa shape index (κ1) is 10.6. The zero-order chi connectivity index (χ0) is 10.9. The van der Waals surface area contributed by atoms with Gasteiger partial charge in [-0.3, -0.25) is 0 Å². The molecule has 0 heterocycles. The van der Waals surface area contributed by atoms with Gasteiger partial charge in [-0.1, -0.05) is 0 Å². The Hall–Kier alpha value is -1.52. The van der Waals surface area contributed by atoms with Crippen LogP contribution in [0, 0.1) is 12.7 Å². The van der Waals surface area contributed by atoms with Crippen LogP contribution in [0.2, 0.25) is 0 Å². The standard InChI is InChI=1S/C9H7F3O2/c1-4-2-5(8(11)12)7(10)6(3-4)9(13)14/h2-3,8H,1H3,(H,13,14). The lowest BCUT2D eigenvalue weighted by atomic mass is 10.1. The van der Waals surface area contributed by atoms with Gasteiger partial charge in [0.25, 0.3) is 6.43 Å². The van der Waals surface area contributed by atoms with Gasteiger partial charge >= 0.3 is 5.97 Å². The molecule has 5 heteroatoms. The molecule has 1 aromatic carbocycles. The van der Waals surface area contributed by atoms with Gasteiger partial charge in [0.05, 0.1) is 11.1 Å². The molecule has 1 N–H and O–H groups in total. The Morgan fingerprint density at radius 3 is 2.43 bits per heavy atom. The van der Waals surface area contributed by atoms with Gasteiger partial charge in [-0.25, -0.2) is 18.0 Å². The fraction of sp³-hybridized carbons (Fsp3) is 0.222. The number of carbonyl (C=O) groups is 1. The number of aromatic carboxylic acids is 1. The van der Waals surface area contributed by atoms with E-state index in [2.05, 4.69) is 0 Å². The molecule has 1 rings (SSSR count). The lowest BCUT2D eigenvalue weighted by Gasteiger charge is -2.06. The van der Waals surface area contributed by atoms with E-state index in [1.54, 1.807) is 0 Å². The summed E-state index contributed by atoms with van der Waals surface area (Å²) in [5.74, 6) is -2.91. The summed E-state index contributed by atoms with van der Waals surface area (Å²) in [7, 11) is 0. The second kappa shape index (κ2) is 3.69. The van der Waals surface area contributed by atoms with E-state index in [9.17, 15) is 18.0 Å². The average molecular weight is 204 g/mol. The van der Waals surface area contributed by atoms with E-state index in [-0.39, 0.29) is 0 Å². The van der Waals surface area contributed by atoms with E-state index < -0.39 is 29.3 Å². The van der Waals surface area contributed by atoms with Crippen molar-refractivity contribution in [3.63, 3.8) is 0 Å². The lowest BCUT2D eigenvalue weighted by molar-refractivity contribution is 0.0690. The number of benzene rings is 1. The third-order valence-electron chi connectivity index (χ3n) is 1.71. The fourth-order valence-electron chi connectivity index (χ4n) is 1.11. The van der Waals surface area contributed by atoms with Crippen LogP contribution in [0.1, 0.15) is 27.9 Å². The molecular weight excluding hydrogens is 197 g/mol. The van der Waals surface area contributed by atoms with Crippen molar-refractivity contribution in [2.24, 2.45) is 0 Å². The Morgan fingerprint density at radius 2 is 2.00 bits per heavy atom. The molecule has 0 aliphatic rings. The Labute approximate surface area is 78.0 Å². The number of halogens is 3. The molecule has 0 fully saturated rings. The quantitative estimate of drug-likeness (QED) is 0.804. The number of alkyl halides is 2. The molecule has 0 radical (unpaired) electrons. The molecule has 76 valence electrons. The Bertz CT molecular complexity index is 375. The molecule has 0 atom stereocenters. The summed E-state index contributed by atoms with van der Waals surface area (Å²) >= 11 is 0. The molecule has 1 aromatic rings. The lowest BCUT2D eigenvalue weighted by Crippen LogP contribution is -2.05. The van der Waals surface area contributed by atoms with Crippen molar-refractivity contribution >= 4 is 5.97 Å². The van der Waals surface area contributed by atoms with Crippen LogP contribution in [0.15, 0.2) is 12.1 Å². The van der Waals surface area contributed by atoms with Gasteiger partial charge in [-0.2, -0.15) is 0 Å². The first-order chi connectivity index (χ1) is 6.43. The minimum atomic E-state index is -3.01. The minimum absolute atomic E-state index is 0.291. The van der Waals surface area contributed by atoms with Crippen molar-refractivity contribution in [2.75, 3.05) is 0 Å². The van der Waals surface area contributed by atoms with E-state index in [0.29, 0.717) is 5.56 Å². The molecule has 0 aromatic heterocycles. The van der Waals surface area contributed by atoms with E-state index in [1.165, 1.54) is 6.92 Å². The van der Waals surface area contributed by atoms with Gasteiger partial charge < -0.3 is 5.11 Å². The van der Waals surface area contributed by atoms with Gasteiger partial charge in [-0.05, 0) is 24.6 Å². The van der Waals surface area contributed by atoms with Gasteiger partial charge in [0.2, 0.25) is 0 Å². The highest BCUT2D eigenvalue weighted by molar-refractivity contribution is 5.88. The van der Waals surface area contributed by atoms with Crippen molar-refractivity contribution in [2.45, 2.75) is 13.3 Å². The summed E-state index contributed by atoms with van der Waals surface area (Å²) in [4.78, 5) is 10.5. The first-order valence-corrected chi connectivity index (χ1v) is 3.75. The van der Waals surface area contributed by atoms with Crippen LogP contribution >= 0.6 is 0 Å². The topological polar surface area (TPSA) is 37.3 Å². The number of carboxylic acids is 1. The summed E-state index contributed by atoms with van der Waals surface area (Å²) in [6.45, 7) is 1.43. The van der Waals surface area contributed by atoms with E-state index in [4.69, 9.17) is 5.11 Å². The third kappa shape index (κ3) is 1.86. The Kier molecular flexibility index (Phi) is 2.78. The van der Waals surface area contributed by atoms with Crippen LogP contribution in [0.25, 0.3) is 0 Å². The number of rotatable bonds is 2. The predicted molar refractivity (Wildman–Crippen MR) is 43.1 cm³/mol. The fourth-order valence-corrected chi connectivity index (χ4v) is 1.11. The molecule has 0 aliphatic heterocycles. The van der Waals surface area contributed by atoms with Crippen molar-refractivity contribution < 1.29 is 23.1 Å². The zero-order valence-electron chi connectivity index (χ0n) is 7.22. The number of aryl methyl sites for hydroxylation is 1. The van der Waals surface area contributed by atoms with Crippen molar-refractivity contribution in [3.8, 4) is 0 Å². The SMILES string of the molecule is Cc1cc(C(=O)O)c(F)c(C(F)F)c1. The highest BCUT2D eigenvalue weighted by atomic mass is 19.3. The minimum Gasteiger partial charge on any atom is -0.478 e. The smallest absolute Gasteiger partial charge is 0.338 e. The summed E-state index contributed by atoms with van der Waals surface area (Å²) in [6.07, 6.45) is -3.01. The molecule has 0 amide bonds. The van der Waals surface area contributed by atoms with Crippen LogP contribution in [-0.4, -0.2) is 11.1 Å². The summed E-state index contributed by atoms with van der Waals surface area (Å²) in [5, 5.41) is 8.51. The van der Waals surface area contributed by atoms with Crippen LogP contribution in [0.4, 0.5) is 13.2 Å². The molecule has 0 bridgehead atoms. The van der Waals surface area contributed by atoms with Crippen LogP contribution in [0.3, 0.4) is 0 Å². The maximum Gasteiger partial charge on any atom is 0.338 e. The van der Waals surface area contributed by atoms with E-state index in [1.807, 2.05) is 0 Å². The molecule has 0 spiro atoms. The molecule has 0 saturated heterocycles. The second-order valence-corrected chi connectivity index (χ2v) is 2.82. The number of carboxylic acid groups (broad SMARTS) is 1. The molecule has 0 aliphatic carbocycles. The summed E-state index contributed by atoms with van der Waals surface area (Å²) in [5.41, 5.74) is -1.30. The summed E-state index contributed by atoms with van der Waals surface area (Å²) < 4.78 is 37.5.